The van der Waals surface area contributed by atoms with Crippen molar-refractivity contribution in [1.29, 1.82) is 0 Å². The van der Waals surface area contributed by atoms with Crippen LogP contribution in [0.25, 0.3) is 0 Å². The highest BCUT2D eigenvalue weighted by Crippen LogP contribution is 2.27. The van der Waals surface area contributed by atoms with Crippen LogP contribution in [0.4, 0.5) is 5.69 Å². The summed E-state index contributed by atoms with van der Waals surface area (Å²) >= 11 is 6.01. The molecule has 0 aliphatic carbocycles. The molecule has 0 bridgehead atoms. The van der Waals surface area contributed by atoms with Crippen LogP contribution >= 0.6 is 11.6 Å². The fraction of sp³-hybridized carbons (Fsp3) is 0.355. The van der Waals surface area contributed by atoms with E-state index in [2.05, 4.69) is 5.32 Å². The smallest absolute Gasteiger partial charge is 0.264 e. The Morgan fingerprint density at radius 2 is 1.71 bits per heavy atom. The largest absolute Gasteiger partial charge is 0.497 e. The Labute approximate surface area is 248 Å². The molecule has 41 heavy (non-hydrogen) atoms. The van der Waals surface area contributed by atoms with Crippen molar-refractivity contribution in [2.45, 2.75) is 58.0 Å². The topological polar surface area (TPSA) is 96.0 Å². The Hall–Kier alpha value is -3.56. The van der Waals surface area contributed by atoms with Crippen LogP contribution in [0.3, 0.4) is 0 Å². The fourth-order valence-corrected chi connectivity index (χ4v) is 5.76. The second-order valence-electron chi connectivity index (χ2n) is 9.93. The molecule has 10 heteroatoms. The molecule has 0 heterocycles. The highest BCUT2D eigenvalue weighted by molar-refractivity contribution is 7.92. The number of nitrogens with zero attached hydrogens (tertiary/aromatic N) is 2. The maximum atomic E-state index is 14.0. The summed E-state index contributed by atoms with van der Waals surface area (Å²) < 4.78 is 34.3. The SMILES string of the molecule is CCCCNC(=O)[C@H](C)N(Cc1cccc(OC)c1)C(=O)CN(c1ccc(C)c(C)c1)S(=O)(=O)c1ccc(Cl)cc1. The van der Waals surface area contributed by atoms with E-state index in [1.807, 2.05) is 32.9 Å². The average Bonchev–Trinajstić information content (AvgIpc) is 2.96. The van der Waals surface area contributed by atoms with E-state index < -0.39 is 28.5 Å². The van der Waals surface area contributed by atoms with Crippen LogP contribution in [0.1, 0.15) is 43.4 Å². The molecule has 3 rings (SSSR count). The number of unbranched alkanes of at least 4 members (excludes halogenated alkanes) is 1. The first-order valence-electron chi connectivity index (χ1n) is 13.5. The van der Waals surface area contributed by atoms with Gasteiger partial charge in [-0.3, -0.25) is 13.9 Å². The third-order valence-electron chi connectivity index (χ3n) is 6.94. The minimum atomic E-state index is -4.17. The number of hydrogen-bond acceptors (Lipinski definition) is 5. The predicted molar refractivity (Wildman–Crippen MR) is 163 cm³/mol. The van der Waals surface area contributed by atoms with Gasteiger partial charge in [-0.15, -0.1) is 0 Å². The molecule has 220 valence electrons. The van der Waals surface area contributed by atoms with Gasteiger partial charge in [0, 0.05) is 18.1 Å². The Balaban J connectivity index is 2.03. The molecule has 0 radical (unpaired) electrons. The summed E-state index contributed by atoms with van der Waals surface area (Å²) in [6.45, 7) is 7.54. The summed E-state index contributed by atoms with van der Waals surface area (Å²) in [5.41, 5.74) is 2.95. The van der Waals surface area contributed by atoms with Crippen molar-refractivity contribution in [3.63, 3.8) is 0 Å². The van der Waals surface area contributed by atoms with Gasteiger partial charge in [0.15, 0.2) is 0 Å². The van der Waals surface area contributed by atoms with Crippen molar-refractivity contribution in [3.05, 3.63) is 88.4 Å². The number of ether oxygens (including phenoxy) is 1. The number of hydrogen-bond donors (Lipinski definition) is 1. The van der Waals surface area contributed by atoms with E-state index in [0.717, 1.165) is 33.8 Å². The molecular formula is C31H38ClN3O5S. The maximum Gasteiger partial charge on any atom is 0.264 e. The van der Waals surface area contributed by atoms with E-state index in [1.165, 1.54) is 29.2 Å². The number of benzene rings is 3. The summed E-state index contributed by atoms with van der Waals surface area (Å²) in [5.74, 6) is -0.230. The first-order chi connectivity index (χ1) is 19.5. The number of methoxy groups -OCH3 is 1. The van der Waals surface area contributed by atoms with E-state index in [0.29, 0.717) is 23.0 Å². The molecule has 2 amide bonds. The van der Waals surface area contributed by atoms with Crippen LogP contribution in [0, 0.1) is 13.8 Å². The van der Waals surface area contributed by atoms with Crippen LogP contribution in [-0.2, 0) is 26.2 Å². The lowest BCUT2D eigenvalue weighted by molar-refractivity contribution is -0.139. The number of anilines is 1. The van der Waals surface area contributed by atoms with Gasteiger partial charge in [-0.1, -0.05) is 43.1 Å². The number of halogens is 1. The van der Waals surface area contributed by atoms with Gasteiger partial charge in [-0.2, -0.15) is 0 Å². The number of rotatable bonds is 13. The fourth-order valence-electron chi connectivity index (χ4n) is 4.23. The van der Waals surface area contributed by atoms with E-state index in [4.69, 9.17) is 16.3 Å². The number of amides is 2. The zero-order chi connectivity index (χ0) is 30.2. The van der Waals surface area contributed by atoms with Gasteiger partial charge in [0.25, 0.3) is 10.0 Å². The predicted octanol–water partition coefficient (Wildman–Crippen LogP) is 5.49. The van der Waals surface area contributed by atoms with E-state index in [9.17, 15) is 18.0 Å². The molecular weight excluding hydrogens is 562 g/mol. The van der Waals surface area contributed by atoms with Gasteiger partial charge in [0.2, 0.25) is 11.8 Å². The normalized spacial score (nSPS) is 12.0. The standard InChI is InChI=1S/C31H38ClN3O5S/c1-6-7-17-33-31(37)24(4)34(20-25-9-8-10-28(19-25)40-5)30(36)21-35(27-14-11-22(2)23(3)18-27)41(38,39)29-15-12-26(32)13-16-29/h8-16,18-19,24H,6-7,17,20-21H2,1-5H3,(H,33,37)/t24-/m0/s1. The second-order valence-corrected chi connectivity index (χ2v) is 12.2. The lowest BCUT2D eigenvalue weighted by Crippen LogP contribution is -2.51. The Bertz CT molecular complexity index is 1460. The summed E-state index contributed by atoms with van der Waals surface area (Å²) in [7, 11) is -2.62. The highest BCUT2D eigenvalue weighted by atomic mass is 35.5. The van der Waals surface area contributed by atoms with E-state index >= 15 is 0 Å². The zero-order valence-electron chi connectivity index (χ0n) is 24.2. The molecule has 3 aromatic rings. The van der Waals surface area contributed by atoms with Crippen molar-refractivity contribution >= 4 is 39.1 Å². The molecule has 0 saturated carbocycles. The zero-order valence-corrected chi connectivity index (χ0v) is 25.8. The second kappa shape index (κ2) is 14.4. The highest BCUT2D eigenvalue weighted by Gasteiger charge is 2.32. The first-order valence-corrected chi connectivity index (χ1v) is 15.4. The number of sulfonamides is 1. The summed E-state index contributed by atoms with van der Waals surface area (Å²) in [4.78, 5) is 28.5. The quantitative estimate of drug-likeness (QED) is 0.262. The van der Waals surface area contributed by atoms with Gasteiger partial charge in [-0.05, 0) is 92.4 Å². The number of aryl methyl sites for hydroxylation is 2. The summed E-state index contributed by atoms with van der Waals surface area (Å²) in [5, 5.41) is 3.28. The van der Waals surface area contributed by atoms with Crippen LogP contribution in [0.15, 0.2) is 71.6 Å². The average molecular weight is 600 g/mol. The molecule has 3 aromatic carbocycles. The van der Waals surface area contributed by atoms with Gasteiger partial charge < -0.3 is 15.0 Å². The van der Waals surface area contributed by atoms with E-state index in [-0.39, 0.29) is 17.3 Å². The van der Waals surface area contributed by atoms with Crippen molar-refractivity contribution in [2.24, 2.45) is 0 Å². The van der Waals surface area contributed by atoms with Crippen molar-refractivity contribution in [2.75, 3.05) is 24.5 Å². The van der Waals surface area contributed by atoms with Crippen LogP contribution in [0.5, 0.6) is 5.75 Å². The molecule has 0 aliphatic rings. The monoisotopic (exact) mass is 599 g/mol. The number of carbonyl (C=O) groups is 2. The minimum absolute atomic E-state index is 0.00219. The molecule has 1 atom stereocenters. The molecule has 1 N–H and O–H groups in total. The van der Waals surface area contributed by atoms with Crippen LogP contribution in [-0.4, -0.2) is 51.4 Å². The minimum Gasteiger partial charge on any atom is -0.497 e. The lowest BCUT2D eigenvalue weighted by Gasteiger charge is -2.32. The Morgan fingerprint density at radius 1 is 1.00 bits per heavy atom. The van der Waals surface area contributed by atoms with E-state index in [1.54, 1.807) is 44.4 Å². The third kappa shape index (κ3) is 8.24. The Kier molecular flexibility index (Phi) is 11.2. The lowest BCUT2D eigenvalue weighted by atomic mass is 10.1. The van der Waals surface area contributed by atoms with Crippen molar-refractivity contribution < 1.29 is 22.7 Å². The Morgan fingerprint density at radius 3 is 2.34 bits per heavy atom. The van der Waals surface area contributed by atoms with Gasteiger partial charge in [0.1, 0.15) is 18.3 Å². The summed E-state index contributed by atoms with van der Waals surface area (Å²) in [6.07, 6.45) is 1.72. The van der Waals surface area contributed by atoms with Crippen LogP contribution < -0.4 is 14.4 Å². The summed E-state index contributed by atoms with van der Waals surface area (Å²) in [6, 6.07) is 17.4. The third-order valence-corrected chi connectivity index (χ3v) is 8.98. The first kappa shape index (κ1) is 32.0. The van der Waals surface area contributed by atoms with Crippen molar-refractivity contribution in [1.82, 2.24) is 10.2 Å². The van der Waals surface area contributed by atoms with Gasteiger partial charge >= 0.3 is 0 Å². The molecule has 0 saturated heterocycles. The number of nitrogens with one attached hydrogen (secondary N) is 1. The molecule has 0 fully saturated rings. The van der Waals surface area contributed by atoms with Crippen molar-refractivity contribution in [3.8, 4) is 5.75 Å². The van der Waals surface area contributed by atoms with Gasteiger partial charge in [-0.25, -0.2) is 8.42 Å². The van der Waals surface area contributed by atoms with Gasteiger partial charge in [0.05, 0.1) is 17.7 Å². The molecule has 0 spiro atoms. The molecule has 0 aliphatic heterocycles. The van der Waals surface area contributed by atoms with Crippen LogP contribution in [0.2, 0.25) is 5.02 Å². The molecule has 8 nitrogen and oxygen atoms in total. The maximum absolute atomic E-state index is 14.0. The number of carbonyl (C=O) groups excluding carboxylic acids is 2. The molecule has 0 unspecified atom stereocenters. The molecule has 0 aromatic heterocycles.